The summed E-state index contributed by atoms with van der Waals surface area (Å²) >= 11 is 9.29. The molecule has 108 valence electrons. The molecule has 0 aliphatic heterocycles. The molecule has 3 aromatic rings. The van der Waals surface area contributed by atoms with Crippen LogP contribution in [0.4, 0.5) is 0 Å². The molecule has 1 aromatic carbocycles. The normalized spacial score (nSPS) is 12.7. The first-order valence-electron chi connectivity index (χ1n) is 6.60. The Labute approximate surface area is 136 Å². The van der Waals surface area contributed by atoms with Crippen LogP contribution in [0.2, 0.25) is 5.02 Å². The van der Waals surface area contributed by atoms with Gasteiger partial charge in [-0.05, 0) is 40.5 Å². The maximum Gasteiger partial charge on any atom is 0.155 e. The average molecular weight is 366 g/mol. The Hall–Kier alpha value is -1.43. The second kappa shape index (κ2) is 6.13. The zero-order valence-electron chi connectivity index (χ0n) is 11.4. The zero-order valence-corrected chi connectivity index (χ0v) is 13.8. The standard InChI is InChI=1S/C15H14BrClN4/c1-10(11-2-4-12(17)5-3-11)18-6-13-7-20-15-8-19-14(16)9-21(13)15/h2-5,7-10,18H,6H2,1H3/t10-/m1/s1. The van der Waals surface area contributed by atoms with Crippen LogP contribution in [-0.4, -0.2) is 14.4 Å². The minimum absolute atomic E-state index is 0.234. The Kier molecular flexibility index (Phi) is 4.24. The minimum Gasteiger partial charge on any atom is -0.305 e. The van der Waals surface area contributed by atoms with Crippen molar-refractivity contribution in [2.24, 2.45) is 0 Å². The lowest BCUT2D eigenvalue weighted by molar-refractivity contribution is 0.565. The van der Waals surface area contributed by atoms with Gasteiger partial charge in [0.15, 0.2) is 5.65 Å². The van der Waals surface area contributed by atoms with Crippen LogP contribution < -0.4 is 5.32 Å². The van der Waals surface area contributed by atoms with Gasteiger partial charge >= 0.3 is 0 Å². The van der Waals surface area contributed by atoms with Crippen molar-refractivity contribution < 1.29 is 0 Å². The molecule has 0 bridgehead atoms. The van der Waals surface area contributed by atoms with Gasteiger partial charge in [0.1, 0.15) is 4.60 Å². The molecule has 0 aliphatic carbocycles. The number of benzene rings is 1. The Morgan fingerprint density at radius 1 is 1.24 bits per heavy atom. The summed E-state index contributed by atoms with van der Waals surface area (Å²) in [6, 6.07) is 8.13. The highest BCUT2D eigenvalue weighted by atomic mass is 79.9. The van der Waals surface area contributed by atoms with Crippen molar-refractivity contribution in [2.75, 3.05) is 0 Å². The Balaban J connectivity index is 1.74. The maximum atomic E-state index is 5.91. The van der Waals surface area contributed by atoms with E-state index >= 15 is 0 Å². The average Bonchev–Trinajstić information content (AvgIpc) is 2.88. The lowest BCUT2D eigenvalue weighted by Crippen LogP contribution is -2.19. The van der Waals surface area contributed by atoms with Gasteiger partial charge in [-0.1, -0.05) is 23.7 Å². The summed E-state index contributed by atoms with van der Waals surface area (Å²) in [6.07, 6.45) is 5.54. The summed E-state index contributed by atoms with van der Waals surface area (Å²) in [5, 5.41) is 4.25. The third-order valence-electron chi connectivity index (χ3n) is 3.40. The van der Waals surface area contributed by atoms with Gasteiger partial charge in [0.05, 0.1) is 18.1 Å². The lowest BCUT2D eigenvalue weighted by Gasteiger charge is -2.14. The number of aromatic nitrogens is 3. The molecule has 2 heterocycles. The minimum atomic E-state index is 0.234. The molecule has 21 heavy (non-hydrogen) atoms. The van der Waals surface area contributed by atoms with E-state index < -0.39 is 0 Å². The maximum absolute atomic E-state index is 5.91. The Bertz CT molecular complexity index is 754. The Morgan fingerprint density at radius 2 is 2.00 bits per heavy atom. The molecule has 1 N–H and O–H groups in total. The van der Waals surface area contributed by atoms with E-state index in [1.54, 1.807) is 6.20 Å². The fourth-order valence-electron chi connectivity index (χ4n) is 2.17. The van der Waals surface area contributed by atoms with E-state index in [0.29, 0.717) is 0 Å². The van der Waals surface area contributed by atoms with E-state index in [1.807, 2.05) is 41.1 Å². The number of nitrogens with zero attached hydrogens (tertiary/aromatic N) is 3. The van der Waals surface area contributed by atoms with Crippen molar-refractivity contribution >= 4 is 33.2 Å². The van der Waals surface area contributed by atoms with E-state index in [-0.39, 0.29) is 6.04 Å². The topological polar surface area (TPSA) is 42.2 Å². The van der Waals surface area contributed by atoms with Crippen molar-refractivity contribution in [1.82, 2.24) is 19.7 Å². The first kappa shape index (κ1) is 14.5. The molecule has 0 radical (unpaired) electrons. The highest BCUT2D eigenvalue weighted by Gasteiger charge is 2.08. The van der Waals surface area contributed by atoms with Crippen molar-refractivity contribution in [3.63, 3.8) is 0 Å². The van der Waals surface area contributed by atoms with Crippen LogP contribution in [0.5, 0.6) is 0 Å². The van der Waals surface area contributed by atoms with Gasteiger partial charge in [-0.3, -0.25) is 4.40 Å². The van der Waals surface area contributed by atoms with Gasteiger partial charge in [-0.2, -0.15) is 0 Å². The first-order chi connectivity index (χ1) is 10.1. The highest BCUT2D eigenvalue weighted by Crippen LogP contribution is 2.17. The molecule has 0 fully saturated rings. The molecule has 6 heteroatoms. The molecule has 3 rings (SSSR count). The predicted octanol–water partition coefficient (Wildman–Crippen LogP) is 4.00. The van der Waals surface area contributed by atoms with Gasteiger partial charge in [0, 0.05) is 23.8 Å². The van der Waals surface area contributed by atoms with Gasteiger partial charge in [-0.15, -0.1) is 0 Å². The molecule has 2 aromatic heterocycles. The second-order valence-electron chi connectivity index (χ2n) is 4.84. The number of hydrogen-bond acceptors (Lipinski definition) is 3. The molecule has 0 aliphatic rings. The van der Waals surface area contributed by atoms with Crippen LogP contribution in [0.15, 0.2) is 47.5 Å². The number of halogens is 2. The number of nitrogens with one attached hydrogen (secondary N) is 1. The van der Waals surface area contributed by atoms with E-state index in [0.717, 1.165) is 27.5 Å². The summed E-state index contributed by atoms with van der Waals surface area (Å²) < 4.78 is 2.82. The van der Waals surface area contributed by atoms with Gasteiger partial charge in [-0.25, -0.2) is 9.97 Å². The quantitative estimate of drug-likeness (QED) is 0.760. The summed E-state index contributed by atoms with van der Waals surface area (Å²) in [4.78, 5) is 8.52. The van der Waals surface area contributed by atoms with Gasteiger partial charge < -0.3 is 5.32 Å². The van der Waals surface area contributed by atoms with Crippen molar-refractivity contribution in [2.45, 2.75) is 19.5 Å². The molecule has 4 nitrogen and oxygen atoms in total. The van der Waals surface area contributed by atoms with Crippen molar-refractivity contribution in [1.29, 1.82) is 0 Å². The fraction of sp³-hybridized carbons (Fsp3) is 0.200. The van der Waals surface area contributed by atoms with E-state index in [2.05, 4.69) is 38.1 Å². The van der Waals surface area contributed by atoms with Crippen LogP contribution in [0.3, 0.4) is 0 Å². The molecule has 0 saturated heterocycles. The highest BCUT2D eigenvalue weighted by molar-refractivity contribution is 9.10. The molecule has 0 saturated carbocycles. The number of imidazole rings is 1. The van der Waals surface area contributed by atoms with E-state index in [4.69, 9.17) is 11.6 Å². The van der Waals surface area contributed by atoms with Crippen LogP contribution in [0.1, 0.15) is 24.2 Å². The van der Waals surface area contributed by atoms with Gasteiger partial charge in [0.2, 0.25) is 0 Å². The van der Waals surface area contributed by atoms with Gasteiger partial charge in [0.25, 0.3) is 0 Å². The summed E-state index contributed by atoms with van der Waals surface area (Å²) in [7, 11) is 0. The van der Waals surface area contributed by atoms with Crippen LogP contribution in [0, 0.1) is 0 Å². The third kappa shape index (κ3) is 3.26. The molecular formula is C15H14BrClN4. The van der Waals surface area contributed by atoms with E-state index in [1.165, 1.54) is 5.56 Å². The molecule has 1 atom stereocenters. The van der Waals surface area contributed by atoms with Crippen LogP contribution in [-0.2, 0) is 6.54 Å². The predicted molar refractivity (Wildman–Crippen MR) is 87.4 cm³/mol. The zero-order chi connectivity index (χ0) is 14.8. The largest absolute Gasteiger partial charge is 0.305 e. The van der Waals surface area contributed by atoms with E-state index in [9.17, 15) is 0 Å². The fourth-order valence-corrected chi connectivity index (χ4v) is 2.61. The van der Waals surface area contributed by atoms with Crippen LogP contribution in [0.25, 0.3) is 5.65 Å². The van der Waals surface area contributed by atoms with Crippen molar-refractivity contribution in [3.8, 4) is 0 Å². The first-order valence-corrected chi connectivity index (χ1v) is 7.77. The smallest absolute Gasteiger partial charge is 0.155 e. The molecule has 0 spiro atoms. The second-order valence-corrected chi connectivity index (χ2v) is 6.09. The monoisotopic (exact) mass is 364 g/mol. The summed E-state index contributed by atoms with van der Waals surface area (Å²) in [5.41, 5.74) is 3.14. The summed E-state index contributed by atoms with van der Waals surface area (Å²) in [5.74, 6) is 0. The van der Waals surface area contributed by atoms with Crippen LogP contribution >= 0.6 is 27.5 Å². The number of hydrogen-bond donors (Lipinski definition) is 1. The Morgan fingerprint density at radius 3 is 2.76 bits per heavy atom. The molecular weight excluding hydrogens is 352 g/mol. The third-order valence-corrected chi connectivity index (χ3v) is 4.06. The molecule has 0 unspecified atom stereocenters. The number of fused-ring (bicyclic) bond motifs is 1. The SMILES string of the molecule is C[C@@H](NCc1cnc2cnc(Br)cn12)c1ccc(Cl)cc1. The molecule has 0 amide bonds. The van der Waals surface area contributed by atoms with Crippen molar-refractivity contribution in [3.05, 3.63) is 63.7 Å². The number of rotatable bonds is 4. The lowest BCUT2D eigenvalue weighted by atomic mass is 10.1. The summed E-state index contributed by atoms with van der Waals surface area (Å²) in [6.45, 7) is 2.85.